The van der Waals surface area contributed by atoms with E-state index >= 15 is 0 Å². The molecule has 1 aromatic rings. The van der Waals surface area contributed by atoms with Crippen molar-refractivity contribution >= 4 is 0 Å². The summed E-state index contributed by atoms with van der Waals surface area (Å²) in [6.45, 7) is 4.58. The van der Waals surface area contributed by atoms with Gasteiger partial charge in [-0.05, 0) is 26.2 Å². The highest BCUT2D eigenvalue weighted by Gasteiger charge is 2.13. The smallest absolute Gasteiger partial charge is 0.157 e. The zero-order valence-electron chi connectivity index (χ0n) is 9.89. The molecule has 0 spiro atoms. The van der Waals surface area contributed by atoms with Crippen LogP contribution in [0.25, 0.3) is 0 Å². The second-order valence-corrected chi connectivity index (χ2v) is 4.16. The molecule has 0 aliphatic carbocycles. The van der Waals surface area contributed by atoms with Gasteiger partial charge in [-0.15, -0.1) is 0 Å². The van der Waals surface area contributed by atoms with Crippen molar-refractivity contribution in [1.82, 2.24) is 9.78 Å². The second kappa shape index (κ2) is 5.89. The first-order valence-corrected chi connectivity index (χ1v) is 6.15. The van der Waals surface area contributed by atoms with Crippen LogP contribution in [-0.2, 0) is 11.3 Å². The number of aromatic nitrogens is 2. The van der Waals surface area contributed by atoms with E-state index in [4.69, 9.17) is 9.47 Å². The molecule has 1 fully saturated rings. The molecule has 0 saturated carbocycles. The summed E-state index contributed by atoms with van der Waals surface area (Å²) in [5.41, 5.74) is 0. The average molecular weight is 224 g/mol. The Bertz CT molecular complexity index is 306. The van der Waals surface area contributed by atoms with Crippen LogP contribution in [0.2, 0.25) is 0 Å². The lowest BCUT2D eigenvalue weighted by Gasteiger charge is -2.22. The Labute approximate surface area is 96.5 Å². The van der Waals surface area contributed by atoms with Gasteiger partial charge in [0, 0.05) is 19.6 Å². The first-order chi connectivity index (χ1) is 7.88. The van der Waals surface area contributed by atoms with Gasteiger partial charge in [-0.25, -0.2) is 0 Å². The number of aryl methyl sites for hydroxylation is 1. The van der Waals surface area contributed by atoms with Crippen molar-refractivity contribution < 1.29 is 9.47 Å². The molecule has 0 bridgehead atoms. The predicted octanol–water partition coefficient (Wildman–Crippen LogP) is 2.24. The lowest BCUT2D eigenvalue weighted by Crippen LogP contribution is -2.21. The fourth-order valence-corrected chi connectivity index (χ4v) is 1.94. The van der Waals surface area contributed by atoms with Gasteiger partial charge < -0.3 is 9.47 Å². The first kappa shape index (κ1) is 11.5. The lowest BCUT2D eigenvalue weighted by molar-refractivity contribution is 0.00404. The van der Waals surface area contributed by atoms with Crippen LogP contribution in [0.15, 0.2) is 12.4 Å². The molecule has 0 amide bonds. The summed E-state index contributed by atoms with van der Waals surface area (Å²) in [6.07, 6.45) is 8.76. The van der Waals surface area contributed by atoms with Crippen LogP contribution in [0.5, 0.6) is 5.75 Å². The molecule has 90 valence electrons. The summed E-state index contributed by atoms with van der Waals surface area (Å²) < 4.78 is 13.1. The fourth-order valence-electron chi connectivity index (χ4n) is 1.94. The number of rotatable bonds is 5. The Morgan fingerprint density at radius 2 is 2.50 bits per heavy atom. The standard InChI is InChI=1S/C12H20N2O2/c1-2-14-10-12(9-13-14)16-8-6-11-5-3-4-7-15-11/h9-11H,2-8H2,1H3/t11-/m0/s1. The van der Waals surface area contributed by atoms with Crippen LogP contribution >= 0.6 is 0 Å². The van der Waals surface area contributed by atoms with Crippen molar-refractivity contribution in [3.8, 4) is 5.75 Å². The summed E-state index contributed by atoms with van der Waals surface area (Å²) >= 11 is 0. The van der Waals surface area contributed by atoms with E-state index < -0.39 is 0 Å². The van der Waals surface area contributed by atoms with E-state index in [1.54, 1.807) is 6.20 Å². The fraction of sp³-hybridized carbons (Fsp3) is 0.750. The zero-order chi connectivity index (χ0) is 11.2. The minimum absolute atomic E-state index is 0.398. The zero-order valence-corrected chi connectivity index (χ0v) is 9.89. The maximum atomic E-state index is 5.64. The molecule has 16 heavy (non-hydrogen) atoms. The summed E-state index contributed by atoms with van der Waals surface area (Å²) in [5.74, 6) is 0.859. The summed E-state index contributed by atoms with van der Waals surface area (Å²) in [4.78, 5) is 0. The summed E-state index contributed by atoms with van der Waals surface area (Å²) in [6, 6.07) is 0. The van der Waals surface area contributed by atoms with Crippen LogP contribution in [-0.4, -0.2) is 29.1 Å². The van der Waals surface area contributed by atoms with E-state index in [0.29, 0.717) is 6.10 Å². The SMILES string of the molecule is CCn1cc(OCC[C@@H]2CCCCO2)cn1. The first-order valence-electron chi connectivity index (χ1n) is 6.15. The molecular weight excluding hydrogens is 204 g/mol. The molecule has 0 N–H and O–H groups in total. The summed E-state index contributed by atoms with van der Waals surface area (Å²) in [5, 5.41) is 4.16. The van der Waals surface area contributed by atoms with Crippen LogP contribution in [0.1, 0.15) is 32.6 Å². The normalized spacial score (nSPS) is 20.9. The Morgan fingerprint density at radius 3 is 3.19 bits per heavy atom. The van der Waals surface area contributed by atoms with Gasteiger partial charge in [0.2, 0.25) is 0 Å². The van der Waals surface area contributed by atoms with Crippen LogP contribution in [0.3, 0.4) is 0 Å². The number of hydrogen-bond acceptors (Lipinski definition) is 3. The molecule has 0 unspecified atom stereocenters. The van der Waals surface area contributed by atoms with Gasteiger partial charge in [0.15, 0.2) is 5.75 Å². The minimum atomic E-state index is 0.398. The third kappa shape index (κ3) is 3.23. The van der Waals surface area contributed by atoms with Crippen LogP contribution in [0.4, 0.5) is 0 Å². The van der Waals surface area contributed by atoms with Gasteiger partial charge in [-0.1, -0.05) is 0 Å². The minimum Gasteiger partial charge on any atom is -0.490 e. The van der Waals surface area contributed by atoms with Gasteiger partial charge in [-0.2, -0.15) is 5.10 Å². The van der Waals surface area contributed by atoms with Crippen molar-refractivity contribution in [2.75, 3.05) is 13.2 Å². The Kier molecular flexibility index (Phi) is 4.22. The van der Waals surface area contributed by atoms with E-state index in [2.05, 4.69) is 12.0 Å². The Morgan fingerprint density at radius 1 is 1.56 bits per heavy atom. The monoisotopic (exact) mass is 224 g/mol. The van der Waals surface area contributed by atoms with Crippen LogP contribution < -0.4 is 4.74 Å². The van der Waals surface area contributed by atoms with E-state index in [1.807, 2.05) is 10.9 Å². The number of nitrogens with zero attached hydrogens (tertiary/aromatic N) is 2. The van der Waals surface area contributed by atoms with Crippen molar-refractivity contribution in [2.24, 2.45) is 0 Å². The van der Waals surface area contributed by atoms with Gasteiger partial charge in [0.25, 0.3) is 0 Å². The average Bonchev–Trinajstić information content (AvgIpc) is 2.78. The molecule has 0 radical (unpaired) electrons. The van der Waals surface area contributed by atoms with Crippen molar-refractivity contribution in [2.45, 2.75) is 45.3 Å². The second-order valence-electron chi connectivity index (χ2n) is 4.16. The molecule has 1 aromatic heterocycles. The predicted molar refractivity (Wildman–Crippen MR) is 61.6 cm³/mol. The van der Waals surface area contributed by atoms with Gasteiger partial charge >= 0.3 is 0 Å². The van der Waals surface area contributed by atoms with Gasteiger partial charge in [0.05, 0.1) is 25.1 Å². The highest BCUT2D eigenvalue weighted by Crippen LogP contribution is 2.16. The molecular formula is C12H20N2O2. The molecule has 1 aliphatic rings. The molecule has 1 aliphatic heterocycles. The van der Waals surface area contributed by atoms with Crippen molar-refractivity contribution in [3.63, 3.8) is 0 Å². The Balaban J connectivity index is 1.66. The molecule has 0 aromatic carbocycles. The lowest BCUT2D eigenvalue weighted by atomic mass is 10.1. The molecule has 1 atom stereocenters. The molecule has 4 heteroatoms. The van der Waals surface area contributed by atoms with Crippen molar-refractivity contribution in [3.05, 3.63) is 12.4 Å². The topological polar surface area (TPSA) is 36.3 Å². The van der Waals surface area contributed by atoms with E-state index in [0.717, 1.165) is 31.9 Å². The van der Waals surface area contributed by atoms with Gasteiger partial charge in [0.1, 0.15) is 0 Å². The van der Waals surface area contributed by atoms with E-state index in [-0.39, 0.29) is 0 Å². The van der Waals surface area contributed by atoms with Crippen molar-refractivity contribution in [1.29, 1.82) is 0 Å². The third-order valence-electron chi connectivity index (χ3n) is 2.92. The molecule has 1 saturated heterocycles. The maximum absolute atomic E-state index is 5.64. The van der Waals surface area contributed by atoms with Gasteiger partial charge in [-0.3, -0.25) is 4.68 Å². The van der Waals surface area contributed by atoms with Crippen LogP contribution in [0, 0.1) is 0 Å². The largest absolute Gasteiger partial charge is 0.490 e. The maximum Gasteiger partial charge on any atom is 0.157 e. The third-order valence-corrected chi connectivity index (χ3v) is 2.92. The quantitative estimate of drug-likeness (QED) is 0.769. The summed E-state index contributed by atoms with van der Waals surface area (Å²) in [7, 11) is 0. The molecule has 2 rings (SSSR count). The van der Waals surface area contributed by atoms with E-state index in [1.165, 1.54) is 19.3 Å². The highest BCUT2D eigenvalue weighted by atomic mass is 16.5. The number of ether oxygens (including phenoxy) is 2. The Hall–Kier alpha value is -1.03. The molecule has 4 nitrogen and oxygen atoms in total. The van der Waals surface area contributed by atoms with E-state index in [9.17, 15) is 0 Å². The number of hydrogen-bond donors (Lipinski definition) is 0. The highest BCUT2D eigenvalue weighted by molar-refractivity contribution is 5.11. The molecule has 2 heterocycles.